The second-order valence-corrected chi connectivity index (χ2v) is 6.91. The zero-order chi connectivity index (χ0) is 15.4. The summed E-state index contributed by atoms with van der Waals surface area (Å²) < 4.78 is 5.01. The SMILES string of the molecule is CCCNC(C)(CC(C)N1CCCC1(C)C)C(=O)OC. The molecule has 118 valence electrons. The van der Waals surface area contributed by atoms with Gasteiger partial charge in [-0.05, 0) is 66.5 Å². The van der Waals surface area contributed by atoms with E-state index in [2.05, 4.69) is 37.9 Å². The summed E-state index contributed by atoms with van der Waals surface area (Å²) in [4.78, 5) is 14.7. The van der Waals surface area contributed by atoms with E-state index in [1.165, 1.54) is 20.0 Å². The summed E-state index contributed by atoms with van der Waals surface area (Å²) in [5.41, 5.74) is -0.357. The lowest BCUT2D eigenvalue weighted by Crippen LogP contribution is -2.55. The second kappa shape index (κ2) is 6.90. The average molecular weight is 284 g/mol. The first-order valence-electron chi connectivity index (χ1n) is 7.87. The van der Waals surface area contributed by atoms with E-state index in [4.69, 9.17) is 4.74 Å². The molecule has 0 aromatic rings. The fraction of sp³-hybridized carbons (Fsp3) is 0.938. The molecule has 1 rings (SSSR count). The van der Waals surface area contributed by atoms with Crippen molar-refractivity contribution < 1.29 is 9.53 Å². The molecule has 20 heavy (non-hydrogen) atoms. The lowest BCUT2D eigenvalue weighted by molar-refractivity contribution is -0.149. The van der Waals surface area contributed by atoms with Gasteiger partial charge in [0.25, 0.3) is 0 Å². The van der Waals surface area contributed by atoms with Crippen LogP contribution in [-0.4, -0.2) is 48.2 Å². The van der Waals surface area contributed by atoms with Crippen LogP contribution in [0.4, 0.5) is 0 Å². The maximum atomic E-state index is 12.1. The largest absolute Gasteiger partial charge is 0.468 e. The molecule has 2 atom stereocenters. The molecule has 1 N–H and O–H groups in total. The van der Waals surface area contributed by atoms with Crippen LogP contribution in [0.25, 0.3) is 0 Å². The van der Waals surface area contributed by atoms with Gasteiger partial charge in [0, 0.05) is 11.6 Å². The Labute approximate surface area is 124 Å². The van der Waals surface area contributed by atoms with Crippen LogP contribution in [0.15, 0.2) is 0 Å². The smallest absolute Gasteiger partial charge is 0.325 e. The number of ether oxygens (including phenoxy) is 1. The summed E-state index contributed by atoms with van der Waals surface area (Å²) in [5, 5.41) is 3.38. The van der Waals surface area contributed by atoms with E-state index in [9.17, 15) is 4.79 Å². The van der Waals surface area contributed by atoms with Crippen LogP contribution in [0.2, 0.25) is 0 Å². The van der Waals surface area contributed by atoms with Crippen molar-refractivity contribution in [1.29, 1.82) is 0 Å². The van der Waals surface area contributed by atoms with Crippen molar-refractivity contribution in [3.63, 3.8) is 0 Å². The standard InChI is InChI=1S/C16H32N2O2/c1-7-10-17-16(5,14(19)20-6)12-13(2)18-11-8-9-15(18,3)4/h13,17H,7-12H2,1-6H3. The van der Waals surface area contributed by atoms with Crippen LogP contribution in [0.5, 0.6) is 0 Å². The van der Waals surface area contributed by atoms with Crippen molar-refractivity contribution in [1.82, 2.24) is 10.2 Å². The second-order valence-electron chi connectivity index (χ2n) is 6.91. The molecule has 0 aromatic heterocycles. The topological polar surface area (TPSA) is 41.6 Å². The van der Waals surface area contributed by atoms with Crippen molar-refractivity contribution in [2.75, 3.05) is 20.2 Å². The summed E-state index contributed by atoms with van der Waals surface area (Å²) >= 11 is 0. The third kappa shape index (κ3) is 3.95. The molecular formula is C16H32N2O2. The molecule has 0 aliphatic carbocycles. The van der Waals surface area contributed by atoms with Gasteiger partial charge in [0.05, 0.1) is 7.11 Å². The fourth-order valence-electron chi connectivity index (χ4n) is 3.50. The molecule has 4 heteroatoms. The van der Waals surface area contributed by atoms with Crippen LogP contribution in [0, 0.1) is 0 Å². The molecule has 0 spiro atoms. The molecule has 1 heterocycles. The first kappa shape index (κ1) is 17.4. The van der Waals surface area contributed by atoms with Gasteiger partial charge in [-0.3, -0.25) is 9.69 Å². The molecule has 0 aromatic carbocycles. The number of rotatable bonds is 7. The molecular weight excluding hydrogens is 252 g/mol. The monoisotopic (exact) mass is 284 g/mol. The number of likely N-dealkylation sites (tertiary alicyclic amines) is 1. The van der Waals surface area contributed by atoms with Gasteiger partial charge in [0.15, 0.2) is 0 Å². The van der Waals surface area contributed by atoms with Crippen LogP contribution in [0.3, 0.4) is 0 Å². The highest BCUT2D eigenvalue weighted by molar-refractivity contribution is 5.80. The van der Waals surface area contributed by atoms with Crippen LogP contribution < -0.4 is 5.32 Å². The highest BCUT2D eigenvalue weighted by Gasteiger charge is 2.41. The highest BCUT2D eigenvalue weighted by Crippen LogP contribution is 2.32. The van der Waals surface area contributed by atoms with Crippen LogP contribution >= 0.6 is 0 Å². The van der Waals surface area contributed by atoms with Crippen LogP contribution in [-0.2, 0) is 9.53 Å². The van der Waals surface area contributed by atoms with E-state index in [-0.39, 0.29) is 11.5 Å². The Kier molecular flexibility index (Phi) is 6.02. The molecule has 0 bridgehead atoms. The van der Waals surface area contributed by atoms with Gasteiger partial charge in [-0.1, -0.05) is 6.92 Å². The van der Waals surface area contributed by atoms with Crippen molar-refractivity contribution in [3.05, 3.63) is 0 Å². The normalized spacial score (nSPS) is 23.3. The van der Waals surface area contributed by atoms with Crippen molar-refractivity contribution >= 4 is 5.97 Å². The molecule has 1 saturated heterocycles. The highest BCUT2D eigenvalue weighted by atomic mass is 16.5. The number of hydrogen-bond donors (Lipinski definition) is 1. The number of carbonyl (C=O) groups is 1. The Hall–Kier alpha value is -0.610. The molecule has 4 nitrogen and oxygen atoms in total. The van der Waals surface area contributed by atoms with E-state index in [0.717, 1.165) is 25.9 Å². The predicted octanol–water partition coefficient (Wildman–Crippen LogP) is 2.57. The van der Waals surface area contributed by atoms with Crippen molar-refractivity contribution in [2.24, 2.45) is 0 Å². The molecule has 2 unspecified atom stereocenters. The summed E-state index contributed by atoms with van der Waals surface area (Å²) in [5.74, 6) is -0.158. The average Bonchev–Trinajstić information content (AvgIpc) is 2.75. The van der Waals surface area contributed by atoms with Gasteiger partial charge < -0.3 is 10.1 Å². The summed E-state index contributed by atoms with van der Waals surface area (Å²) in [6.07, 6.45) is 4.27. The van der Waals surface area contributed by atoms with Gasteiger partial charge in [0.1, 0.15) is 5.54 Å². The number of carbonyl (C=O) groups excluding carboxylic acids is 1. The first-order chi connectivity index (χ1) is 9.27. The van der Waals surface area contributed by atoms with E-state index < -0.39 is 5.54 Å². The lowest BCUT2D eigenvalue weighted by Gasteiger charge is -2.40. The Morgan fingerprint density at radius 1 is 1.50 bits per heavy atom. The quantitative estimate of drug-likeness (QED) is 0.730. The van der Waals surface area contributed by atoms with Gasteiger partial charge in [-0.25, -0.2) is 0 Å². The van der Waals surface area contributed by atoms with Gasteiger partial charge in [-0.15, -0.1) is 0 Å². The maximum Gasteiger partial charge on any atom is 0.325 e. The fourth-order valence-corrected chi connectivity index (χ4v) is 3.50. The Balaban J connectivity index is 2.76. The van der Waals surface area contributed by atoms with E-state index in [1.54, 1.807) is 0 Å². The Bertz CT molecular complexity index is 330. The number of esters is 1. The zero-order valence-electron chi connectivity index (χ0n) is 14.1. The molecule has 0 radical (unpaired) electrons. The minimum absolute atomic E-state index is 0.158. The molecule has 0 amide bonds. The van der Waals surface area contributed by atoms with E-state index in [0.29, 0.717) is 6.04 Å². The molecule has 1 aliphatic rings. The number of nitrogens with zero attached hydrogens (tertiary/aromatic N) is 1. The number of nitrogens with one attached hydrogen (secondary N) is 1. The lowest BCUT2D eigenvalue weighted by atomic mass is 9.90. The predicted molar refractivity (Wildman–Crippen MR) is 82.8 cm³/mol. The molecule has 1 fully saturated rings. The molecule has 0 saturated carbocycles. The number of hydrogen-bond acceptors (Lipinski definition) is 4. The van der Waals surface area contributed by atoms with Crippen molar-refractivity contribution in [3.8, 4) is 0 Å². The first-order valence-corrected chi connectivity index (χ1v) is 7.87. The van der Waals surface area contributed by atoms with E-state index in [1.807, 2.05) is 6.92 Å². The summed E-state index contributed by atoms with van der Waals surface area (Å²) in [6, 6.07) is 0.362. The number of methoxy groups -OCH3 is 1. The van der Waals surface area contributed by atoms with Crippen LogP contribution in [0.1, 0.15) is 60.3 Å². The Morgan fingerprint density at radius 3 is 2.60 bits per heavy atom. The van der Waals surface area contributed by atoms with E-state index >= 15 is 0 Å². The maximum absolute atomic E-state index is 12.1. The summed E-state index contributed by atoms with van der Waals surface area (Å²) in [6.45, 7) is 12.9. The van der Waals surface area contributed by atoms with Crippen molar-refractivity contribution in [2.45, 2.75) is 77.4 Å². The van der Waals surface area contributed by atoms with Gasteiger partial charge in [0.2, 0.25) is 0 Å². The van der Waals surface area contributed by atoms with Gasteiger partial charge >= 0.3 is 5.97 Å². The minimum atomic E-state index is -0.594. The summed E-state index contributed by atoms with van der Waals surface area (Å²) in [7, 11) is 1.47. The Morgan fingerprint density at radius 2 is 2.15 bits per heavy atom. The zero-order valence-corrected chi connectivity index (χ0v) is 14.1. The molecule has 1 aliphatic heterocycles. The third-order valence-corrected chi connectivity index (χ3v) is 4.60. The third-order valence-electron chi connectivity index (χ3n) is 4.60. The minimum Gasteiger partial charge on any atom is -0.468 e. The van der Waals surface area contributed by atoms with Gasteiger partial charge in [-0.2, -0.15) is 0 Å².